The van der Waals surface area contributed by atoms with Crippen molar-refractivity contribution in [3.63, 3.8) is 0 Å². The molecule has 1 saturated heterocycles. The summed E-state index contributed by atoms with van der Waals surface area (Å²) in [4.78, 5) is 31.9. The van der Waals surface area contributed by atoms with E-state index in [9.17, 15) is 14.9 Å². The van der Waals surface area contributed by atoms with Gasteiger partial charge in [-0.2, -0.15) is 5.26 Å². The van der Waals surface area contributed by atoms with Gasteiger partial charge in [-0.15, -0.1) is 0 Å². The second-order valence-corrected chi connectivity index (χ2v) is 8.14. The van der Waals surface area contributed by atoms with E-state index in [4.69, 9.17) is 0 Å². The molecule has 0 unspecified atom stereocenters. The van der Waals surface area contributed by atoms with Crippen LogP contribution in [-0.2, 0) is 0 Å². The van der Waals surface area contributed by atoms with Gasteiger partial charge in [-0.25, -0.2) is 0 Å². The summed E-state index contributed by atoms with van der Waals surface area (Å²) in [5.74, 6) is -0.123. The van der Waals surface area contributed by atoms with E-state index in [2.05, 4.69) is 9.88 Å². The van der Waals surface area contributed by atoms with Crippen molar-refractivity contribution in [2.24, 2.45) is 0 Å². The van der Waals surface area contributed by atoms with Crippen molar-refractivity contribution >= 4 is 5.91 Å². The number of carbonyl (C=O) groups is 1. The lowest BCUT2D eigenvalue weighted by atomic mass is 9.78. The molecule has 1 aliphatic carbocycles. The summed E-state index contributed by atoms with van der Waals surface area (Å²) in [6.45, 7) is 4.62. The van der Waals surface area contributed by atoms with Gasteiger partial charge in [-0.1, -0.05) is 25.7 Å². The minimum absolute atomic E-state index is 0.0256. The summed E-state index contributed by atoms with van der Waals surface area (Å²) in [5.41, 5.74) is 0.535. The molecule has 6 heteroatoms. The average molecular weight is 370 g/mol. The summed E-state index contributed by atoms with van der Waals surface area (Å²) >= 11 is 0. The van der Waals surface area contributed by atoms with Crippen LogP contribution in [0.1, 0.15) is 72.9 Å². The summed E-state index contributed by atoms with van der Waals surface area (Å²) in [5, 5.41) is 9.21. The van der Waals surface area contributed by atoms with Gasteiger partial charge in [-0.05, 0) is 51.3 Å². The molecule has 6 nitrogen and oxygen atoms in total. The van der Waals surface area contributed by atoms with E-state index in [0.29, 0.717) is 17.7 Å². The third-order valence-electron chi connectivity index (χ3n) is 6.39. The van der Waals surface area contributed by atoms with Gasteiger partial charge in [0.05, 0.1) is 5.56 Å². The zero-order valence-electron chi connectivity index (χ0n) is 16.5. The Hall–Kier alpha value is -2.13. The fourth-order valence-electron chi connectivity index (χ4n) is 4.85. The molecule has 2 heterocycles. The van der Waals surface area contributed by atoms with Crippen LogP contribution in [0.5, 0.6) is 0 Å². The third-order valence-corrected chi connectivity index (χ3v) is 6.39. The van der Waals surface area contributed by atoms with Crippen LogP contribution in [0.2, 0.25) is 0 Å². The number of amides is 1. The molecule has 1 aromatic rings. The van der Waals surface area contributed by atoms with E-state index in [0.717, 1.165) is 25.9 Å². The van der Waals surface area contributed by atoms with Crippen molar-refractivity contribution in [3.05, 3.63) is 33.2 Å². The molecule has 27 heavy (non-hydrogen) atoms. The zero-order chi connectivity index (χ0) is 19.4. The van der Waals surface area contributed by atoms with Crippen molar-refractivity contribution < 1.29 is 4.79 Å². The number of likely N-dealkylation sites (tertiary alicyclic amines) is 1. The highest BCUT2D eigenvalue weighted by Gasteiger charge is 2.40. The van der Waals surface area contributed by atoms with Gasteiger partial charge in [0, 0.05) is 25.3 Å². The SMILES string of the molecule is Cc1c(C(=O)N(C)CC2(N3CCCCC3)CCCCC2)c[nH]c(=O)c1C#N. The second kappa shape index (κ2) is 8.26. The van der Waals surface area contributed by atoms with E-state index < -0.39 is 5.56 Å². The average Bonchev–Trinajstić information content (AvgIpc) is 2.69. The van der Waals surface area contributed by atoms with Crippen LogP contribution in [0.25, 0.3) is 0 Å². The minimum atomic E-state index is -0.439. The number of carbonyl (C=O) groups excluding carboxylic acids is 1. The van der Waals surface area contributed by atoms with Gasteiger partial charge < -0.3 is 9.88 Å². The number of H-pyrrole nitrogens is 1. The van der Waals surface area contributed by atoms with E-state index in [1.54, 1.807) is 11.8 Å². The number of pyridine rings is 1. The monoisotopic (exact) mass is 370 g/mol. The molecule has 1 N–H and O–H groups in total. The number of aromatic amines is 1. The lowest BCUT2D eigenvalue weighted by Gasteiger charge is -2.49. The number of hydrogen-bond donors (Lipinski definition) is 1. The first kappa shape index (κ1) is 19.6. The molecular formula is C21H30N4O2. The van der Waals surface area contributed by atoms with Crippen LogP contribution in [0.4, 0.5) is 0 Å². The highest BCUT2D eigenvalue weighted by molar-refractivity contribution is 5.95. The van der Waals surface area contributed by atoms with E-state index in [-0.39, 0.29) is 17.0 Å². The van der Waals surface area contributed by atoms with E-state index in [1.807, 2.05) is 13.1 Å². The van der Waals surface area contributed by atoms with Gasteiger partial charge in [0.25, 0.3) is 11.5 Å². The molecule has 0 atom stereocenters. The zero-order valence-corrected chi connectivity index (χ0v) is 16.5. The Balaban J connectivity index is 1.83. The highest BCUT2D eigenvalue weighted by atomic mass is 16.2. The van der Waals surface area contributed by atoms with Gasteiger partial charge in [0.2, 0.25) is 0 Å². The molecule has 1 aromatic heterocycles. The number of likely N-dealkylation sites (N-methyl/N-ethyl adjacent to an activating group) is 1. The highest BCUT2D eigenvalue weighted by Crippen LogP contribution is 2.36. The van der Waals surface area contributed by atoms with E-state index in [1.165, 1.54) is 44.7 Å². The van der Waals surface area contributed by atoms with Crippen molar-refractivity contribution in [1.29, 1.82) is 5.26 Å². The van der Waals surface area contributed by atoms with Crippen LogP contribution in [0.3, 0.4) is 0 Å². The molecule has 0 aromatic carbocycles. The molecule has 1 amide bonds. The Morgan fingerprint density at radius 2 is 1.85 bits per heavy atom. The molecule has 0 radical (unpaired) electrons. The summed E-state index contributed by atoms with van der Waals surface area (Å²) in [6, 6.07) is 1.92. The molecule has 0 bridgehead atoms. The molecule has 2 fully saturated rings. The van der Waals surface area contributed by atoms with Crippen LogP contribution in [0, 0.1) is 18.3 Å². The van der Waals surface area contributed by atoms with Crippen molar-refractivity contribution in [2.45, 2.75) is 63.8 Å². The fourth-order valence-corrected chi connectivity index (χ4v) is 4.85. The normalized spacial score (nSPS) is 20.0. The van der Waals surface area contributed by atoms with Crippen molar-refractivity contribution in [2.75, 3.05) is 26.7 Å². The Morgan fingerprint density at radius 3 is 2.48 bits per heavy atom. The number of hydrogen-bond acceptors (Lipinski definition) is 4. The molecule has 146 valence electrons. The number of nitriles is 1. The molecule has 2 aliphatic rings. The number of piperidine rings is 1. The number of aromatic nitrogens is 1. The second-order valence-electron chi connectivity index (χ2n) is 8.14. The number of nitrogens with zero attached hydrogens (tertiary/aromatic N) is 3. The maximum Gasteiger partial charge on any atom is 0.266 e. The summed E-state index contributed by atoms with van der Waals surface area (Å²) < 4.78 is 0. The minimum Gasteiger partial charge on any atom is -0.340 e. The first-order valence-electron chi connectivity index (χ1n) is 10.1. The lowest BCUT2D eigenvalue weighted by Crippen LogP contribution is -2.58. The Kier molecular flexibility index (Phi) is 6.01. The number of rotatable bonds is 4. The molecular weight excluding hydrogens is 340 g/mol. The molecule has 0 spiro atoms. The van der Waals surface area contributed by atoms with E-state index >= 15 is 0 Å². The van der Waals surface area contributed by atoms with Gasteiger partial charge in [0.15, 0.2) is 0 Å². The first-order valence-corrected chi connectivity index (χ1v) is 10.1. The standard InChI is InChI=1S/C21H30N4O2/c1-16-17(13-22)19(26)23-14-18(16)20(27)24(2)15-21(9-5-3-6-10-21)25-11-7-4-8-12-25/h14H,3-12,15H2,1-2H3,(H,23,26). The Labute approximate surface area is 161 Å². The maximum absolute atomic E-state index is 13.1. The van der Waals surface area contributed by atoms with Crippen LogP contribution in [-0.4, -0.2) is 52.9 Å². The van der Waals surface area contributed by atoms with Crippen molar-refractivity contribution in [3.8, 4) is 6.07 Å². The molecule has 3 rings (SSSR count). The predicted octanol–water partition coefficient (Wildman–Crippen LogP) is 2.82. The van der Waals surface area contributed by atoms with Crippen LogP contribution in [0.15, 0.2) is 11.0 Å². The summed E-state index contributed by atoms with van der Waals surface area (Å²) in [6.07, 6.45) is 11.2. The fraction of sp³-hybridized carbons (Fsp3) is 0.667. The topological polar surface area (TPSA) is 80.2 Å². The van der Waals surface area contributed by atoms with Gasteiger partial charge in [0.1, 0.15) is 11.6 Å². The third kappa shape index (κ3) is 3.93. The van der Waals surface area contributed by atoms with Crippen LogP contribution < -0.4 is 5.56 Å². The lowest BCUT2D eigenvalue weighted by molar-refractivity contribution is 0.00986. The predicted molar refractivity (Wildman–Crippen MR) is 105 cm³/mol. The maximum atomic E-state index is 13.1. The largest absolute Gasteiger partial charge is 0.340 e. The first-order chi connectivity index (χ1) is 13.0. The Bertz CT molecular complexity index is 780. The summed E-state index contributed by atoms with van der Waals surface area (Å²) in [7, 11) is 1.85. The molecule has 1 aliphatic heterocycles. The smallest absolute Gasteiger partial charge is 0.266 e. The molecule has 1 saturated carbocycles. The van der Waals surface area contributed by atoms with Crippen molar-refractivity contribution in [1.82, 2.24) is 14.8 Å². The quantitative estimate of drug-likeness (QED) is 0.884. The van der Waals surface area contributed by atoms with Gasteiger partial charge in [-0.3, -0.25) is 14.5 Å². The van der Waals surface area contributed by atoms with Gasteiger partial charge >= 0.3 is 0 Å². The Morgan fingerprint density at radius 1 is 1.22 bits per heavy atom. The van der Waals surface area contributed by atoms with Crippen LogP contribution >= 0.6 is 0 Å². The number of nitrogens with one attached hydrogen (secondary N) is 1.